The molecular weight excluding hydrogens is 192 g/mol. The van der Waals surface area contributed by atoms with Crippen LogP contribution in [0, 0.1) is 19.3 Å². The quantitative estimate of drug-likeness (QED) is 0.706. The van der Waals surface area contributed by atoms with Crippen molar-refractivity contribution in [1.29, 1.82) is 0 Å². The number of carbonyl (C=O) groups excluding carboxylic acids is 1. The first-order chi connectivity index (χ1) is 7.15. The highest BCUT2D eigenvalue weighted by atomic mass is 16.1. The molecule has 5 heteroatoms. The molecule has 76 valence electrons. The zero-order valence-electron chi connectivity index (χ0n) is 8.27. The van der Waals surface area contributed by atoms with Gasteiger partial charge in [-0.3, -0.25) is 4.79 Å². The second-order valence-corrected chi connectivity index (χ2v) is 3.22. The predicted octanol–water partition coefficient (Wildman–Crippen LogP) is 0.176. The van der Waals surface area contributed by atoms with Crippen LogP contribution in [0.25, 0.3) is 5.65 Å². The fourth-order valence-corrected chi connectivity index (χ4v) is 1.64. The highest BCUT2D eigenvalue weighted by molar-refractivity contribution is 6.00. The molecule has 2 rings (SSSR count). The molecule has 2 N–H and O–H groups in total. The van der Waals surface area contributed by atoms with Crippen LogP contribution in [-0.4, -0.2) is 20.1 Å². The Labute approximate surface area is 86.5 Å². The third kappa shape index (κ3) is 1.27. The second-order valence-electron chi connectivity index (χ2n) is 3.22. The predicted molar refractivity (Wildman–Crippen MR) is 55.3 cm³/mol. The Morgan fingerprint density at radius 3 is 3.00 bits per heavy atom. The summed E-state index contributed by atoms with van der Waals surface area (Å²) in [6, 6.07) is 0. The molecule has 0 aliphatic heterocycles. The molecule has 0 aliphatic rings. The average molecular weight is 202 g/mol. The molecule has 0 aromatic carbocycles. The van der Waals surface area contributed by atoms with Crippen LogP contribution < -0.4 is 5.73 Å². The molecule has 1 amide bonds. The first-order valence-corrected chi connectivity index (χ1v) is 4.42. The van der Waals surface area contributed by atoms with Gasteiger partial charge in [0.2, 0.25) is 0 Å². The minimum absolute atomic E-state index is 0.391. The molecule has 15 heavy (non-hydrogen) atoms. The van der Waals surface area contributed by atoms with Crippen molar-refractivity contribution < 1.29 is 4.79 Å². The minimum atomic E-state index is -0.487. The molecule has 0 saturated carbocycles. The summed E-state index contributed by atoms with van der Waals surface area (Å²) in [6.07, 6.45) is 8.74. The highest BCUT2D eigenvalue weighted by Gasteiger charge is 2.17. The van der Waals surface area contributed by atoms with E-state index in [2.05, 4.69) is 11.0 Å². The number of nitrogens with zero attached hydrogens (tertiary/aromatic N) is 3. The van der Waals surface area contributed by atoms with Gasteiger partial charge in [0.25, 0.3) is 5.91 Å². The highest BCUT2D eigenvalue weighted by Crippen LogP contribution is 2.15. The van der Waals surface area contributed by atoms with E-state index in [9.17, 15) is 4.79 Å². The normalized spacial score (nSPS) is 10.4. The van der Waals surface area contributed by atoms with E-state index in [4.69, 9.17) is 12.2 Å². The maximum absolute atomic E-state index is 11.3. The SMILES string of the molecule is C#CCn1ccn2nc(C)c(C(N)=O)c12. The Morgan fingerprint density at radius 2 is 2.40 bits per heavy atom. The smallest absolute Gasteiger partial charge is 0.254 e. The van der Waals surface area contributed by atoms with Crippen molar-refractivity contribution in [2.24, 2.45) is 5.73 Å². The Bertz CT molecular complexity index is 570. The van der Waals surface area contributed by atoms with E-state index in [1.165, 1.54) is 0 Å². The van der Waals surface area contributed by atoms with Crippen molar-refractivity contribution in [2.45, 2.75) is 13.5 Å². The maximum atomic E-state index is 11.3. The number of primary amides is 1. The number of carbonyl (C=O) groups is 1. The number of terminal acetylenes is 1. The van der Waals surface area contributed by atoms with Crippen LogP contribution in [0.15, 0.2) is 12.4 Å². The summed E-state index contributed by atoms with van der Waals surface area (Å²) in [5.41, 5.74) is 6.98. The summed E-state index contributed by atoms with van der Waals surface area (Å²) in [6.45, 7) is 2.13. The zero-order valence-corrected chi connectivity index (χ0v) is 8.27. The van der Waals surface area contributed by atoms with Gasteiger partial charge in [0, 0.05) is 12.4 Å². The fourth-order valence-electron chi connectivity index (χ4n) is 1.64. The van der Waals surface area contributed by atoms with Crippen LogP contribution in [0.2, 0.25) is 0 Å². The third-order valence-corrected chi connectivity index (χ3v) is 2.23. The Kier molecular flexibility index (Phi) is 1.97. The number of hydrogen-bond acceptors (Lipinski definition) is 2. The van der Waals surface area contributed by atoms with E-state index in [0.29, 0.717) is 23.4 Å². The number of fused-ring (bicyclic) bond motifs is 1. The summed E-state index contributed by atoms with van der Waals surface area (Å²) in [4.78, 5) is 11.3. The lowest BCUT2D eigenvalue weighted by Crippen LogP contribution is -2.13. The standard InChI is InChI=1S/C10H10N4O/c1-3-4-13-5-6-14-10(13)8(9(11)15)7(2)12-14/h1,5-6H,4H2,2H3,(H2,11,15). The van der Waals surface area contributed by atoms with Gasteiger partial charge in [-0.25, -0.2) is 4.52 Å². The van der Waals surface area contributed by atoms with E-state index in [-0.39, 0.29) is 0 Å². The van der Waals surface area contributed by atoms with Gasteiger partial charge in [0.1, 0.15) is 11.2 Å². The topological polar surface area (TPSA) is 65.3 Å². The fraction of sp³-hybridized carbons (Fsp3) is 0.200. The summed E-state index contributed by atoms with van der Waals surface area (Å²) >= 11 is 0. The molecular formula is C10H10N4O. The molecule has 2 aromatic rings. The molecule has 0 saturated heterocycles. The number of amides is 1. The largest absolute Gasteiger partial charge is 0.365 e. The maximum Gasteiger partial charge on any atom is 0.254 e. The van der Waals surface area contributed by atoms with Crippen LogP contribution in [0.5, 0.6) is 0 Å². The molecule has 5 nitrogen and oxygen atoms in total. The van der Waals surface area contributed by atoms with Crippen molar-refractivity contribution in [3.05, 3.63) is 23.7 Å². The molecule has 2 aromatic heterocycles. The van der Waals surface area contributed by atoms with Gasteiger partial charge >= 0.3 is 0 Å². The van der Waals surface area contributed by atoms with E-state index in [1.807, 2.05) is 0 Å². The molecule has 0 bridgehead atoms. The minimum Gasteiger partial charge on any atom is -0.365 e. The lowest BCUT2D eigenvalue weighted by atomic mass is 10.2. The summed E-state index contributed by atoms with van der Waals surface area (Å²) in [7, 11) is 0. The summed E-state index contributed by atoms with van der Waals surface area (Å²) < 4.78 is 3.37. The van der Waals surface area contributed by atoms with E-state index < -0.39 is 5.91 Å². The Hall–Kier alpha value is -2.22. The van der Waals surface area contributed by atoms with Gasteiger partial charge < -0.3 is 10.3 Å². The van der Waals surface area contributed by atoms with Crippen molar-refractivity contribution >= 4 is 11.6 Å². The van der Waals surface area contributed by atoms with Crippen molar-refractivity contribution in [3.8, 4) is 12.3 Å². The van der Waals surface area contributed by atoms with Crippen molar-refractivity contribution in [2.75, 3.05) is 0 Å². The lowest BCUT2D eigenvalue weighted by molar-refractivity contribution is 0.100. The number of hydrogen-bond donors (Lipinski definition) is 1. The Balaban J connectivity index is 2.76. The van der Waals surface area contributed by atoms with Crippen LogP contribution >= 0.6 is 0 Å². The second kappa shape index (κ2) is 3.17. The van der Waals surface area contributed by atoms with Gasteiger partial charge in [-0.15, -0.1) is 6.42 Å². The number of aryl methyl sites for hydroxylation is 1. The monoisotopic (exact) mass is 202 g/mol. The van der Waals surface area contributed by atoms with Crippen molar-refractivity contribution in [3.63, 3.8) is 0 Å². The molecule has 0 spiro atoms. The van der Waals surface area contributed by atoms with E-state index >= 15 is 0 Å². The Morgan fingerprint density at radius 1 is 1.67 bits per heavy atom. The first kappa shape index (κ1) is 9.34. The van der Waals surface area contributed by atoms with Gasteiger partial charge in [-0.2, -0.15) is 5.10 Å². The van der Waals surface area contributed by atoms with Crippen LogP contribution in [0.3, 0.4) is 0 Å². The number of rotatable bonds is 2. The van der Waals surface area contributed by atoms with E-state index in [0.717, 1.165) is 0 Å². The summed E-state index contributed by atoms with van der Waals surface area (Å²) in [5.74, 6) is 2.02. The molecule has 0 aliphatic carbocycles. The van der Waals surface area contributed by atoms with E-state index in [1.54, 1.807) is 28.4 Å². The lowest BCUT2D eigenvalue weighted by Gasteiger charge is -1.98. The van der Waals surface area contributed by atoms with Crippen LogP contribution in [0.4, 0.5) is 0 Å². The van der Waals surface area contributed by atoms with Crippen molar-refractivity contribution in [1.82, 2.24) is 14.2 Å². The van der Waals surface area contributed by atoms with Crippen LogP contribution in [-0.2, 0) is 6.54 Å². The van der Waals surface area contributed by atoms with Gasteiger partial charge in [-0.05, 0) is 6.92 Å². The molecule has 0 fully saturated rings. The molecule has 0 radical (unpaired) electrons. The number of nitrogens with two attached hydrogens (primary N) is 1. The zero-order chi connectivity index (χ0) is 11.0. The van der Waals surface area contributed by atoms with Gasteiger partial charge in [-0.1, -0.05) is 5.92 Å². The third-order valence-electron chi connectivity index (χ3n) is 2.23. The van der Waals surface area contributed by atoms with Gasteiger partial charge in [0.15, 0.2) is 0 Å². The van der Waals surface area contributed by atoms with Crippen LogP contribution in [0.1, 0.15) is 16.1 Å². The van der Waals surface area contributed by atoms with Gasteiger partial charge in [0.05, 0.1) is 12.2 Å². The molecule has 0 unspecified atom stereocenters. The summed E-state index contributed by atoms with van der Waals surface area (Å²) in [5, 5.41) is 4.16. The number of imidazole rings is 1. The molecule has 2 heterocycles. The first-order valence-electron chi connectivity index (χ1n) is 4.42. The average Bonchev–Trinajstić information content (AvgIpc) is 2.65. The molecule has 0 atom stereocenters. The number of aromatic nitrogens is 3.